The first kappa shape index (κ1) is 8.39. The summed E-state index contributed by atoms with van der Waals surface area (Å²) in [7, 11) is 0. The van der Waals surface area contributed by atoms with Gasteiger partial charge < -0.3 is 0 Å². The highest BCUT2D eigenvalue weighted by molar-refractivity contribution is 6.06. The van der Waals surface area contributed by atoms with Gasteiger partial charge in [-0.3, -0.25) is 4.79 Å². The van der Waals surface area contributed by atoms with Crippen LogP contribution in [0.5, 0.6) is 0 Å². The Balaban J connectivity index is 2.90. The lowest BCUT2D eigenvalue weighted by molar-refractivity contribution is -0.103. The molecule has 1 rings (SSSR count). The molecule has 1 aromatic rings. The molecule has 62 valence electrons. The van der Waals surface area contributed by atoms with E-state index in [1.165, 1.54) is 6.20 Å². The topological polar surface area (TPSA) is 56.0 Å². The molecule has 4 heteroatoms. The van der Waals surface area contributed by atoms with Gasteiger partial charge in [-0.15, -0.1) is 0 Å². The van der Waals surface area contributed by atoms with Crippen molar-refractivity contribution in [3.05, 3.63) is 30.1 Å². The Labute approximate surface area is 69.5 Å². The second-order valence-corrected chi connectivity index (χ2v) is 2.06. The van der Waals surface area contributed by atoms with E-state index in [1.54, 1.807) is 12.2 Å². The second-order valence-electron chi connectivity index (χ2n) is 2.06. The van der Waals surface area contributed by atoms with Crippen LogP contribution in [0.2, 0.25) is 0 Å². The molecule has 1 aromatic heterocycles. The molecule has 0 radical (unpaired) electrons. The maximum Gasteiger partial charge on any atom is 0.152 e. The summed E-state index contributed by atoms with van der Waals surface area (Å²) in [6.45, 7) is 1.86. The molecule has 0 amide bonds. The molecule has 0 unspecified atom stereocenters. The molecule has 0 fully saturated rings. The second kappa shape index (κ2) is 4.23. The summed E-state index contributed by atoms with van der Waals surface area (Å²) in [6.07, 6.45) is 7.31. The van der Waals surface area contributed by atoms with Crippen LogP contribution in [0.4, 0.5) is 0 Å². The number of hydrogen-bond donors (Lipinski definition) is 0. The number of allylic oxidation sites excluding steroid dienone is 4. The number of hydrogen-bond acceptors (Lipinski definition) is 4. The molecule has 0 spiro atoms. The number of nitrogens with zero attached hydrogens (tertiary/aromatic N) is 2. The molecular formula is C8H8N2O2. The van der Waals surface area contributed by atoms with Crippen molar-refractivity contribution in [2.75, 3.05) is 0 Å². The normalized spacial score (nSPS) is 12.2. The van der Waals surface area contributed by atoms with Crippen LogP contribution in [-0.2, 0) is 4.79 Å². The molecular weight excluding hydrogens is 156 g/mol. The summed E-state index contributed by atoms with van der Waals surface area (Å²) in [4.78, 5) is 10.5. The molecule has 0 saturated carbocycles. The summed E-state index contributed by atoms with van der Waals surface area (Å²) in [5.74, 6) is 0. The van der Waals surface area contributed by atoms with Gasteiger partial charge in [-0.1, -0.05) is 17.3 Å². The van der Waals surface area contributed by atoms with Crippen LogP contribution >= 0.6 is 0 Å². The number of carbonyl (C=O) groups excluding carboxylic acids is 1. The number of aromatic nitrogens is 2. The van der Waals surface area contributed by atoms with Crippen LogP contribution in [0.1, 0.15) is 12.6 Å². The van der Waals surface area contributed by atoms with E-state index >= 15 is 0 Å². The van der Waals surface area contributed by atoms with Crippen LogP contribution in [0, 0.1) is 0 Å². The van der Waals surface area contributed by atoms with E-state index in [1.807, 2.05) is 13.0 Å². The summed E-state index contributed by atoms with van der Waals surface area (Å²) in [5.41, 5.74) is 0.900. The lowest BCUT2D eigenvalue weighted by atomic mass is 10.2. The Morgan fingerprint density at radius 3 is 3.00 bits per heavy atom. The largest absolute Gasteiger partial charge is 0.298 e. The van der Waals surface area contributed by atoms with Crippen molar-refractivity contribution < 1.29 is 9.42 Å². The van der Waals surface area contributed by atoms with Gasteiger partial charge >= 0.3 is 0 Å². The third-order valence-corrected chi connectivity index (χ3v) is 1.25. The highest BCUT2D eigenvalue weighted by Crippen LogP contribution is 2.06. The lowest BCUT2D eigenvalue weighted by Crippen LogP contribution is -1.83. The van der Waals surface area contributed by atoms with Crippen molar-refractivity contribution >= 4 is 11.9 Å². The first-order valence-electron chi connectivity index (χ1n) is 3.44. The van der Waals surface area contributed by atoms with Gasteiger partial charge in [-0.2, -0.15) is 0 Å². The van der Waals surface area contributed by atoms with Crippen molar-refractivity contribution in [1.29, 1.82) is 0 Å². The monoisotopic (exact) mass is 164 g/mol. The minimum absolute atomic E-state index is 0.447. The van der Waals surface area contributed by atoms with Crippen molar-refractivity contribution in [3.8, 4) is 0 Å². The zero-order valence-corrected chi connectivity index (χ0v) is 6.60. The molecule has 0 bridgehead atoms. The van der Waals surface area contributed by atoms with Gasteiger partial charge in [0.15, 0.2) is 6.29 Å². The molecule has 12 heavy (non-hydrogen) atoms. The maximum absolute atomic E-state index is 10.5. The summed E-state index contributed by atoms with van der Waals surface area (Å²) < 4.78 is 4.35. The van der Waals surface area contributed by atoms with Crippen LogP contribution in [0.25, 0.3) is 5.57 Å². The van der Waals surface area contributed by atoms with E-state index < -0.39 is 0 Å². The first-order chi connectivity index (χ1) is 5.88. The van der Waals surface area contributed by atoms with Crippen molar-refractivity contribution in [3.63, 3.8) is 0 Å². The molecule has 4 nitrogen and oxygen atoms in total. The van der Waals surface area contributed by atoms with Crippen LogP contribution in [0.3, 0.4) is 0 Å². The van der Waals surface area contributed by atoms with Gasteiger partial charge in [0.25, 0.3) is 0 Å². The van der Waals surface area contributed by atoms with E-state index in [0.717, 1.165) is 0 Å². The number of aldehydes is 1. The highest BCUT2D eigenvalue weighted by Gasteiger charge is 2.02. The zero-order valence-electron chi connectivity index (χ0n) is 6.60. The molecule has 0 aliphatic carbocycles. The third kappa shape index (κ3) is 1.88. The standard InChI is InChI=1S/C8H8N2O2/c1-2-3-4-7(6-11)8-5-9-12-10-8/h2-6H,1H3/b3-2-,7-4-. The van der Waals surface area contributed by atoms with Gasteiger partial charge in [0.05, 0.1) is 6.20 Å². The molecule has 1 heterocycles. The summed E-state index contributed by atoms with van der Waals surface area (Å²) in [6, 6.07) is 0. The Morgan fingerprint density at radius 2 is 2.50 bits per heavy atom. The van der Waals surface area contributed by atoms with Crippen LogP contribution in [0.15, 0.2) is 29.1 Å². The zero-order chi connectivity index (χ0) is 8.81. The van der Waals surface area contributed by atoms with Crippen molar-refractivity contribution in [2.24, 2.45) is 0 Å². The molecule has 0 N–H and O–H groups in total. The Kier molecular flexibility index (Phi) is 2.95. The van der Waals surface area contributed by atoms with Gasteiger partial charge in [0.2, 0.25) is 0 Å². The van der Waals surface area contributed by atoms with E-state index in [2.05, 4.69) is 14.9 Å². The Bertz CT molecular complexity index is 299. The van der Waals surface area contributed by atoms with Gasteiger partial charge in [0, 0.05) is 5.57 Å². The fourth-order valence-electron chi connectivity index (χ4n) is 0.677. The quantitative estimate of drug-likeness (QED) is 0.383. The summed E-state index contributed by atoms with van der Waals surface area (Å²) >= 11 is 0. The van der Waals surface area contributed by atoms with Gasteiger partial charge in [0.1, 0.15) is 5.69 Å². The maximum atomic E-state index is 10.5. The summed E-state index contributed by atoms with van der Waals surface area (Å²) in [5, 5.41) is 6.91. The fourth-order valence-corrected chi connectivity index (χ4v) is 0.677. The number of rotatable bonds is 3. The minimum Gasteiger partial charge on any atom is -0.298 e. The average Bonchev–Trinajstić information content (AvgIpc) is 2.59. The average molecular weight is 164 g/mol. The van der Waals surface area contributed by atoms with Crippen LogP contribution in [-0.4, -0.2) is 16.6 Å². The first-order valence-corrected chi connectivity index (χ1v) is 3.44. The van der Waals surface area contributed by atoms with Crippen LogP contribution < -0.4 is 0 Å². The highest BCUT2D eigenvalue weighted by atomic mass is 16.6. The van der Waals surface area contributed by atoms with E-state index in [9.17, 15) is 4.79 Å². The Morgan fingerprint density at radius 1 is 1.67 bits per heavy atom. The van der Waals surface area contributed by atoms with E-state index in [-0.39, 0.29) is 0 Å². The minimum atomic E-state index is 0.447. The smallest absolute Gasteiger partial charge is 0.152 e. The molecule has 0 aliphatic rings. The Hall–Kier alpha value is -1.71. The fraction of sp³-hybridized carbons (Fsp3) is 0.125. The molecule has 0 aromatic carbocycles. The predicted octanol–water partition coefficient (Wildman–Crippen LogP) is 1.23. The van der Waals surface area contributed by atoms with Crippen molar-refractivity contribution in [2.45, 2.75) is 6.92 Å². The lowest BCUT2D eigenvalue weighted by Gasteiger charge is -1.86. The van der Waals surface area contributed by atoms with Gasteiger partial charge in [-0.25, -0.2) is 4.63 Å². The molecule has 0 aliphatic heterocycles. The predicted molar refractivity (Wildman–Crippen MR) is 43.2 cm³/mol. The van der Waals surface area contributed by atoms with Gasteiger partial charge in [-0.05, 0) is 18.2 Å². The van der Waals surface area contributed by atoms with Crippen molar-refractivity contribution in [1.82, 2.24) is 10.3 Å². The number of carbonyl (C=O) groups is 1. The third-order valence-electron chi connectivity index (χ3n) is 1.25. The van der Waals surface area contributed by atoms with E-state index in [4.69, 9.17) is 0 Å². The van der Waals surface area contributed by atoms with E-state index in [0.29, 0.717) is 17.6 Å². The SMILES string of the molecule is C/C=C\C=C(\C=O)c1cnon1. The molecule has 0 atom stereocenters. The molecule has 0 saturated heterocycles.